The summed E-state index contributed by atoms with van der Waals surface area (Å²) < 4.78 is 2.25. The smallest absolute Gasteiger partial charge is 0.0480 e. The maximum Gasteiger partial charge on any atom is 0.0480 e. The van der Waals surface area contributed by atoms with Crippen molar-refractivity contribution in [3.8, 4) is 0 Å². The summed E-state index contributed by atoms with van der Waals surface area (Å²) in [6, 6.07) is 8.29. The topological polar surface area (TPSA) is 17.0 Å². The van der Waals surface area contributed by atoms with Crippen molar-refractivity contribution < 1.29 is 0 Å². The Balaban J connectivity index is 2.29. The molecule has 2 aromatic rings. The molecule has 0 amide bonds. The fourth-order valence-corrected chi connectivity index (χ4v) is 2.24. The van der Waals surface area contributed by atoms with Crippen LogP contribution < -0.4 is 5.32 Å². The lowest BCUT2D eigenvalue weighted by molar-refractivity contribution is 0.699. The molecule has 1 N–H and O–H groups in total. The predicted octanol–water partition coefficient (Wildman–Crippen LogP) is 2.98. The molecule has 0 fully saturated rings. The number of halogens is 1. The summed E-state index contributed by atoms with van der Waals surface area (Å²) >= 11 is 5.99. The lowest BCUT2D eigenvalue weighted by Crippen LogP contribution is -2.09. The second-order valence-corrected chi connectivity index (χ2v) is 4.54. The minimum absolute atomic E-state index is 0.805. The van der Waals surface area contributed by atoms with Crippen molar-refractivity contribution in [3.63, 3.8) is 0 Å². The van der Waals surface area contributed by atoms with E-state index in [2.05, 4.69) is 29.1 Å². The fourth-order valence-electron chi connectivity index (χ4n) is 2.06. The van der Waals surface area contributed by atoms with Crippen LogP contribution in [0.3, 0.4) is 0 Å². The van der Waals surface area contributed by atoms with Crippen LogP contribution in [0, 0.1) is 0 Å². The van der Waals surface area contributed by atoms with Gasteiger partial charge >= 0.3 is 0 Å². The predicted molar refractivity (Wildman–Crippen MR) is 70.2 cm³/mol. The van der Waals surface area contributed by atoms with Gasteiger partial charge in [-0.2, -0.15) is 0 Å². The summed E-state index contributed by atoms with van der Waals surface area (Å²) in [6.07, 6.45) is 2.26. The average Bonchev–Trinajstić information content (AvgIpc) is 2.56. The van der Waals surface area contributed by atoms with Gasteiger partial charge in [-0.25, -0.2) is 0 Å². The van der Waals surface area contributed by atoms with Crippen LogP contribution in [0.15, 0.2) is 24.3 Å². The van der Waals surface area contributed by atoms with E-state index in [0.29, 0.717) is 0 Å². The highest BCUT2D eigenvalue weighted by molar-refractivity contribution is 6.31. The Morgan fingerprint density at radius 1 is 1.31 bits per heavy atom. The minimum Gasteiger partial charge on any atom is -0.348 e. The standard InChI is InChI=1S/C13H17ClN2/c1-15-7-3-4-12-9-10-8-11(14)5-6-13(10)16(12)2/h5-6,8-9,15H,3-4,7H2,1-2H3. The first-order valence-corrected chi connectivity index (χ1v) is 5.98. The Kier molecular flexibility index (Phi) is 3.52. The van der Waals surface area contributed by atoms with E-state index < -0.39 is 0 Å². The number of benzene rings is 1. The van der Waals surface area contributed by atoms with E-state index >= 15 is 0 Å². The van der Waals surface area contributed by atoms with E-state index in [-0.39, 0.29) is 0 Å². The summed E-state index contributed by atoms with van der Waals surface area (Å²) in [6.45, 7) is 1.06. The van der Waals surface area contributed by atoms with Crippen LogP contribution >= 0.6 is 11.6 Å². The first kappa shape index (κ1) is 11.5. The van der Waals surface area contributed by atoms with Crippen LogP contribution in [-0.2, 0) is 13.5 Å². The minimum atomic E-state index is 0.805. The van der Waals surface area contributed by atoms with E-state index in [1.54, 1.807) is 0 Å². The lowest BCUT2D eigenvalue weighted by atomic mass is 10.2. The maximum absolute atomic E-state index is 5.99. The van der Waals surface area contributed by atoms with Crippen molar-refractivity contribution in [3.05, 3.63) is 35.0 Å². The molecule has 0 unspecified atom stereocenters. The van der Waals surface area contributed by atoms with E-state index in [9.17, 15) is 0 Å². The number of nitrogens with one attached hydrogen (secondary N) is 1. The zero-order valence-electron chi connectivity index (χ0n) is 9.76. The van der Waals surface area contributed by atoms with E-state index in [1.165, 1.54) is 16.6 Å². The summed E-state index contributed by atoms with van der Waals surface area (Å²) in [7, 11) is 4.10. The normalized spacial score (nSPS) is 11.2. The molecular formula is C13H17ClN2. The van der Waals surface area contributed by atoms with E-state index in [4.69, 9.17) is 11.6 Å². The molecule has 0 saturated heterocycles. The van der Waals surface area contributed by atoms with Crippen LogP contribution in [0.25, 0.3) is 10.9 Å². The van der Waals surface area contributed by atoms with Gasteiger partial charge in [-0.15, -0.1) is 0 Å². The average molecular weight is 237 g/mol. The Hall–Kier alpha value is -0.990. The van der Waals surface area contributed by atoms with Crippen molar-refractivity contribution in [2.75, 3.05) is 13.6 Å². The van der Waals surface area contributed by atoms with Crippen molar-refractivity contribution in [1.82, 2.24) is 9.88 Å². The number of aromatic nitrogens is 1. The molecular weight excluding hydrogens is 220 g/mol. The van der Waals surface area contributed by atoms with Crippen LogP contribution in [0.5, 0.6) is 0 Å². The third-order valence-electron chi connectivity index (χ3n) is 2.96. The maximum atomic E-state index is 5.99. The van der Waals surface area contributed by atoms with Crippen LogP contribution in [0.1, 0.15) is 12.1 Å². The molecule has 0 spiro atoms. The van der Waals surface area contributed by atoms with E-state index in [0.717, 1.165) is 24.4 Å². The molecule has 0 aliphatic rings. The summed E-state index contributed by atoms with van der Waals surface area (Å²) in [5, 5.41) is 5.21. The van der Waals surface area contributed by atoms with Gasteiger partial charge in [0.2, 0.25) is 0 Å². The van der Waals surface area contributed by atoms with Gasteiger partial charge in [0.1, 0.15) is 0 Å². The van der Waals surface area contributed by atoms with Gasteiger partial charge in [0.25, 0.3) is 0 Å². The molecule has 16 heavy (non-hydrogen) atoms. The second kappa shape index (κ2) is 4.89. The van der Waals surface area contributed by atoms with Gasteiger partial charge in [-0.1, -0.05) is 11.6 Å². The number of hydrogen-bond donors (Lipinski definition) is 1. The monoisotopic (exact) mass is 236 g/mol. The highest BCUT2D eigenvalue weighted by Crippen LogP contribution is 2.23. The van der Waals surface area contributed by atoms with Crippen LogP contribution in [0.2, 0.25) is 5.02 Å². The molecule has 1 aromatic heterocycles. The van der Waals surface area contributed by atoms with Crippen molar-refractivity contribution in [1.29, 1.82) is 0 Å². The van der Waals surface area contributed by atoms with Crippen molar-refractivity contribution >= 4 is 22.5 Å². The van der Waals surface area contributed by atoms with Crippen molar-refractivity contribution in [2.45, 2.75) is 12.8 Å². The van der Waals surface area contributed by atoms with Gasteiger partial charge in [0, 0.05) is 28.7 Å². The molecule has 2 nitrogen and oxygen atoms in total. The number of hydrogen-bond acceptors (Lipinski definition) is 1. The molecule has 0 aliphatic carbocycles. The number of rotatable bonds is 4. The Labute approximate surface area is 101 Å². The molecule has 86 valence electrons. The SMILES string of the molecule is CNCCCc1cc2cc(Cl)ccc2n1C. The fraction of sp³-hybridized carbons (Fsp3) is 0.385. The largest absolute Gasteiger partial charge is 0.348 e. The second-order valence-electron chi connectivity index (χ2n) is 4.10. The highest BCUT2D eigenvalue weighted by Gasteiger charge is 2.05. The van der Waals surface area contributed by atoms with Gasteiger partial charge in [-0.05, 0) is 50.7 Å². The lowest BCUT2D eigenvalue weighted by Gasteiger charge is -2.03. The molecule has 3 heteroatoms. The third-order valence-corrected chi connectivity index (χ3v) is 3.20. The van der Waals surface area contributed by atoms with Gasteiger partial charge in [0.15, 0.2) is 0 Å². The van der Waals surface area contributed by atoms with E-state index in [1.807, 2.05) is 19.2 Å². The van der Waals surface area contributed by atoms with Gasteiger partial charge in [-0.3, -0.25) is 0 Å². The highest BCUT2D eigenvalue weighted by atomic mass is 35.5. The molecule has 0 atom stereocenters. The number of nitrogens with zero attached hydrogens (tertiary/aromatic N) is 1. The molecule has 1 aromatic carbocycles. The summed E-state index contributed by atoms with van der Waals surface area (Å²) in [5.41, 5.74) is 2.62. The Morgan fingerprint density at radius 3 is 2.88 bits per heavy atom. The zero-order valence-corrected chi connectivity index (χ0v) is 10.5. The first-order chi connectivity index (χ1) is 7.72. The molecule has 2 rings (SSSR count). The molecule has 1 heterocycles. The summed E-state index contributed by atoms with van der Waals surface area (Å²) in [4.78, 5) is 0. The number of fused-ring (bicyclic) bond motifs is 1. The van der Waals surface area contributed by atoms with Crippen LogP contribution in [-0.4, -0.2) is 18.2 Å². The number of aryl methyl sites for hydroxylation is 2. The molecule has 0 aliphatic heterocycles. The molecule has 0 saturated carbocycles. The molecule has 0 bridgehead atoms. The third kappa shape index (κ3) is 2.23. The Bertz CT molecular complexity index is 488. The zero-order chi connectivity index (χ0) is 11.5. The quantitative estimate of drug-likeness (QED) is 0.808. The van der Waals surface area contributed by atoms with Gasteiger partial charge < -0.3 is 9.88 Å². The summed E-state index contributed by atoms with van der Waals surface area (Å²) in [5.74, 6) is 0. The first-order valence-electron chi connectivity index (χ1n) is 5.61. The Morgan fingerprint density at radius 2 is 2.12 bits per heavy atom. The molecule has 0 radical (unpaired) electrons. The van der Waals surface area contributed by atoms with Gasteiger partial charge in [0.05, 0.1) is 0 Å². The van der Waals surface area contributed by atoms with Crippen molar-refractivity contribution in [2.24, 2.45) is 7.05 Å². The van der Waals surface area contributed by atoms with Crippen LogP contribution in [0.4, 0.5) is 0 Å².